The van der Waals surface area contributed by atoms with Crippen molar-refractivity contribution in [3.05, 3.63) is 102 Å². The Morgan fingerprint density at radius 3 is 2.39 bits per heavy atom. The van der Waals surface area contributed by atoms with Crippen LogP contribution in [0.3, 0.4) is 0 Å². The fourth-order valence-electron chi connectivity index (χ4n) is 3.26. The van der Waals surface area contributed by atoms with Crippen LogP contribution < -0.4 is 9.64 Å². The first-order chi connectivity index (χ1) is 13.8. The van der Waals surface area contributed by atoms with Crippen LogP contribution >= 0.6 is 0 Å². The summed E-state index contributed by atoms with van der Waals surface area (Å²) in [5.41, 5.74) is 1.66. The number of hydrogen-bond donors (Lipinski definition) is 0. The third-order valence-electron chi connectivity index (χ3n) is 4.72. The molecule has 28 heavy (non-hydrogen) atoms. The smallest absolute Gasteiger partial charge is 0.259 e. The lowest BCUT2D eigenvalue weighted by Gasteiger charge is -2.23. The molecular weight excluding hydrogens is 348 g/mol. The Morgan fingerprint density at radius 1 is 0.893 bits per heavy atom. The van der Waals surface area contributed by atoms with Crippen molar-refractivity contribution >= 4 is 22.5 Å². The highest BCUT2D eigenvalue weighted by molar-refractivity contribution is 6.05. The van der Waals surface area contributed by atoms with Crippen LogP contribution in [0, 0.1) is 0 Å². The molecule has 0 aliphatic carbocycles. The number of carbonyl (C=O) groups excluding carboxylic acids is 1. The summed E-state index contributed by atoms with van der Waals surface area (Å²) >= 11 is 0. The molecule has 0 N–H and O–H groups in total. The minimum Gasteiger partial charge on any atom is -0.497 e. The van der Waals surface area contributed by atoms with Gasteiger partial charge in [0.2, 0.25) is 0 Å². The molecule has 4 aromatic rings. The molecule has 0 atom stereocenters. The highest BCUT2D eigenvalue weighted by Gasteiger charge is 2.20. The van der Waals surface area contributed by atoms with E-state index in [0.29, 0.717) is 17.9 Å². The largest absolute Gasteiger partial charge is 0.497 e. The number of ether oxygens (including phenoxy) is 1. The van der Waals surface area contributed by atoms with Crippen LogP contribution in [0.1, 0.15) is 15.9 Å². The fourth-order valence-corrected chi connectivity index (χ4v) is 3.26. The summed E-state index contributed by atoms with van der Waals surface area (Å²) in [5, 5.41) is 2.28. The number of aromatic nitrogens is 1. The molecule has 1 aromatic heterocycles. The van der Waals surface area contributed by atoms with Crippen LogP contribution in [0.15, 0.2) is 91.1 Å². The summed E-state index contributed by atoms with van der Waals surface area (Å²) < 4.78 is 5.20. The molecule has 0 saturated carbocycles. The van der Waals surface area contributed by atoms with Crippen LogP contribution in [-0.2, 0) is 6.54 Å². The number of carbonyl (C=O) groups is 1. The number of rotatable bonds is 5. The number of nitrogens with zero attached hydrogens (tertiary/aromatic N) is 2. The van der Waals surface area contributed by atoms with Gasteiger partial charge < -0.3 is 4.74 Å². The average molecular weight is 368 g/mol. The summed E-state index contributed by atoms with van der Waals surface area (Å²) in [6.45, 7) is 0.434. The number of benzene rings is 3. The zero-order chi connectivity index (χ0) is 19.3. The first-order valence-corrected chi connectivity index (χ1v) is 9.10. The monoisotopic (exact) mass is 368 g/mol. The van der Waals surface area contributed by atoms with Crippen molar-refractivity contribution in [2.24, 2.45) is 0 Å². The second-order valence-electron chi connectivity index (χ2n) is 6.45. The molecule has 138 valence electrons. The zero-order valence-corrected chi connectivity index (χ0v) is 15.6. The van der Waals surface area contributed by atoms with E-state index in [1.165, 1.54) is 0 Å². The molecule has 1 heterocycles. The van der Waals surface area contributed by atoms with Crippen molar-refractivity contribution in [3.63, 3.8) is 0 Å². The Labute approximate surface area is 164 Å². The normalized spacial score (nSPS) is 10.6. The van der Waals surface area contributed by atoms with Crippen LogP contribution in [0.2, 0.25) is 0 Å². The molecule has 0 bridgehead atoms. The lowest BCUT2D eigenvalue weighted by molar-refractivity contribution is 0.0984. The molecule has 0 radical (unpaired) electrons. The third kappa shape index (κ3) is 3.58. The van der Waals surface area contributed by atoms with E-state index < -0.39 is 0 Å². The van der Waals surface area contributed by atoms with Gasteiger partial charge in [0.05, 0.1) is 13.7 Å². The Balaban J connectivity index is 1.74. The number of methoxy groups -OCH3 is 1. The lowest BCUT2D eigenvalue weighted by atomic mass is 10.0. The van der Waals surface area contributed by atoms with Gasteiger partial charge in [0.15, 0.2) is 0 Å². The maximum atomic E-state index is 13.3. The molecule has 3 aromatic carbocycles. The molecule has 0 aliphatic heterocycles. The van der Waals surface area contributed by atoms with E-state index in [-0.39, 0.29) is 5.91 Å². The first kappa shape index (κ1) is 17.7. The Morgan fingerprint density at radius 2 is 1.64 bits per heavy atom. The summed E-state index contributed by atoms with van der Waals surface area (Å²) in [5.74, 6) is 1.24. The molecule has 4 heteroatoms. The molecule has 1 amide bonds. The Hall–Kier alpha value is -3.66. The topological polar surface area (TPSA) is 42.4 Å². The quantitative estimate of drug-likeness (QED) is 0.493. The number of anilines is 1. The predicted octanol–water partition coefficient (Wildman–Crippen LogP) is 5.09. The molecule has 4 nitrogen and oxygen atoms in total. The van der Waals surface area contributed by atoms with Gasteiger partial charge in [-0.2, -0.15) is 0 Å². The summed E-state index contributed by atoms with van der Waals surface area (Å²) in [6, 6.07) is 27.1. The van der Waals surface area contributed by atoms with Crippen LogP contribution in [0.5, 0.6) is 5.75 Å². The molecule has 0 fully saturated rings. The van der Waals surface area contributed by atoms with Gasteiger partial charge in [-0.05, 0) is 52.7 Å². The Kier molecular flexibility index (Phi) is 5.02. The van der Waals surface area contributed by atoms with Gasteiger partial charge >= 0.3 is 0 Å². The second-order valence-corrected chi connectivity index (χ2v) is 6.45. The third-order valence-corrected chi connectivity index (χ3v) is 4.72. The standard InChI is InChI=1S/C24H20N2O2/c1-28-21-14-12-19(13-15-21)24(27)26(23-11-4-5-16-25-23)17-20-9-6-8-18-7-2-3-10-22(18)20/h2-16H,17H2,1H3. The van der Waals surface area contributed by atoms with Gasteiger partial charge in [0.1, 0.15) is 11.6 Å². The lowest BCUT2D eigenvalue weighted by Crippen LogP contribution is -2.31. The molecule has 0 aliphatic rings. The maximum absolute atomic E-state index is 13.3. The molecule has 4 rings (SSSR count). The van der Waals surface area contributed by atoms with E-state index in [9.17, 15) is 4.79 Å². The number of amides is 1. The average Bonchev–Trinajstić information content (AvgIpc) is 2.78. The first-order valence-electron chi connectivity index (χ1n) is 9.10. The van der Waals surface area contributed by atoms with Gasteiger partial charge in [-0.25, -0.2) is 4.98 Å². The van der Waals surface area contributed by atoms with Crippen molar-refractivity contribution in [2.45, 2.75) is 6.54 Å². The summed E-state index contributed by atoms with van der Waals surface area (Å²) in [4.78, 5) is 19.5. The minimum absolute atomic E-state index is 0.103. The number of pyridine rings is 1. The SMILES string of the molecule is COc1ccc(C(=O)N(Cc2cccc3ccccc23)c2ccccn2)cc1. The van der Waals surface area contributed by atoms with Gasteiger partial charge in [-0.3, -0.25) is 9.69 Å². The van der Waals surface area contributed by atoms with Crippen molar-refractivity contribution in [1.29, 1.82) is 0 Å². The maximum Gasteiger partial charge on any atom is 0.259 e. The van der Waals surface area contributed by atoms with E-state index in [1.54, 1.807) is 42.5 Å². The molecular formula is C24H20N2O2. The van der Waals surface area contributed by atoms with Crippen molar-refractivity contribution < 1.29 is 9.53 Å². The van der Waals surface area contributed by atoms with E-state index in [1.807, 2.05) is 36.4 Å². The highest BCUT2D eigenvalue weighted by atomic mass is 16.5. The van der Waals surface area contributed by atoms with Gasteiger partial charge in [0.25, 0.3) is 5.91 Å². The molecule has 0 saturated heterocycles. The van der Waals surface area contributed by atoms with Crippen molar-refractivity contribution in [3.8, 4) is 5.75 Å². The molecule has 0 unspecified atom stereocenters. The van der Waals surface area contributed by atoms with Gasteiger partial charge in [-0.15, -0.1) is 0 Å². The highest BCUT2D eigenvalue weighted by Crippen LogP contribution is 2.24. The minimum atomic E-state index is -0.103. The van der Waals surface area contributed by atoms with E-state index in [0.717, 1.165) is 22.1 Å². The van der Waals surface area contributed by atoms with E-state index >= 15 is 0 Å². The van der Waals surface area contributed by atoms with Crippen LogP contribution in [-0.4, -0.2) is 18.0 Å². The van der Waals surface area contributed by atoms with E-state index in [4.69, 9.17) is 4.74 Å². The Bertz CT molecular complexity index is 1090. The van der Waals surface area contributed by atoms with Crippen molar-refractivity contribution in [2.75, 3.05) is 12.0 Å². The summed E-state index contributed by atoms with van der Waals surface area (Å²) in [7, 11) is 1.61. The zero-order valence-electron chi connectivity index (χ0n) is 15.6. The molecule has 0 spiro atoms. The second kappa shape index (κ2) is 7.92. The van der Waals surface area contributed by atoms with Gasteiger partial charge in [0, 0.05) is 11.8 Å². The summed E-state index contributed by atoms with van der Waals surface area (Å²) in [6.07, 6.45) is 1.70. The van der Waals surface area contributed by atoms with Gasteiger partial charge in [-0.1, -0.05) is 48.5 Å². The van der Waals surface area contributed by atoms with Crippen molar-refractivity contribution in [1.82, 2.24) is 4.98 Å². The van der Waals surface area contributed by atoms with E-state index in [2.05, 4.69) is 29.2 Å². The van der Waals surface area contributed by atoms with Crippen LogP contribution in [0.4, 0.5) is 5.82 Å². The number of fused-ring (bicyclic) bond motifs is 1. The fraction of sp³-hybridized carbons (Fsp3) is 0.0833. The van der Waals surface area contributed by atoms with Crippen LogP contribution in [0.25, 0.3) is 10.8 Å². The number of hydrogen-bond acceptors (Lipinski definition) is 3. The predicted molar refractivity (Wildman–Crippen MR) is 112 cm³/mol.